The van der Waals surface area contributed by atoms with Crippen LogP contribution in [0.1, 0.15) is 32.3 Å². The van der Waals surface area contributed by atoms with Gasteiger partial charge in [-0.2, -0.15) is 0 Å². The second kappa shape index (κ2) is 16.0. The van der Waals surface area contributed by atoms with Gasteiger partial charge in [0.1, 0.15) is 0 Å². The molecule has 0 fully saturated rings. The number of halogens is 1. The van der Waals surface area contributed by atoms with Gasteiger partial charge in [0.05, 0.1) is 14.2 Å². The molecule has 0 radical (unpaired) electrons. The summed E-state index contributed by atoms with van der Waals surface area (Å²) in [5.41, 5.74) is 1.22. The smallest absolute Gasteiger partial charge is 0.191 e. The third kappa shape index (κ3) is 10.1. The number of aryl methyl sites for hydroxylation is 1. The first-order chi connectivity index (χ1) is 12.2. The molecule has 0 heterocycles. The number of hydrogen-bond acceptors (Lipinski definition) is 4. The maximum Gasteiger partial charge on any atom is 0.191 e. The van der Waals surface area contributed by atoms with Crippen molar-refractivity contribution in [2.75, 3.05) is 47.1 Å². The summed E-state index contributed by atoms with van der Waals surface area (Å²) in [6, 6.07) is 6.05. The highest BCUT2D eigenvalue weighted by atomic mass is 127. The van der Waals surface area contributed by atoms with Gasteiger partial charge >= 0.3 is 0 Å². The Morgan fingerprint density at radius 3 is 2.46 bits per heavy atom. The summed E-state index contributed by atoms with van der Waals surface area (Å²) in [5.74, 6) is 2.40. The Hall–Kier alpha value is -1.22. The number of methoxy groups -OCH3 is 2. The number of ether oxygens (including phenoxy) is 3. The summed E-state index contributed by atoms with van der Waals surface area (Å²) in [7, 11) is 3.31. The van der Waals surface area contributed by atoms with Crippen LogP contribution in [-0.2, 0) is 11.2 Å². The summed E-state index contributed by atoms with van der Waals surface area (Å²) in [6.45, 7) is 8.12. The van der Waals surface area contributed by atoms with Crippen LogP contribution in [0.3, 0.4) is 0 Å². The Bertz CT molecular complexity index is 513. The molecule has 150 valence electrons. The number of aliphatic imine (C=N–C) groups is 1. The maximum absolute atomic E-state index is 5.34. The summed E-state index contributed by atoms with van der Waals surface area (Å²) in [4.78, 5) is 4.62. The Morgan fingerprint density at radius 2 is 1.81 bits per heavy atom. The summed E-state index contributed by atoms with van der Waals surface area (Å²) < 4.78 is 15.9. The van der Waals surface area contributed by atoms with Gasteiger partial charge in [0.2, 0.25) is 0 Å². The van der Waals surface area contributed by atoms with E-state index in [2.05, 4.69) is 28.6 Å². The van der Waals surface area contributed by atoms with Crippen LogP contribution in [0.15, 0.2) is 23.2 Å². The van der Waals surface area contributed by atoms with Crippen molar-refractivity contribution >= 4 is 29.9 Å². The summed E-state index contributed by atoms with van der Waals surface area (Å²) in [5, 5.41) is 6.60. The van der Waals surface area contributed by atoms with Gasteiger partial charge in [-0.15, -0.1) is 24.0 Å². The molecule has 0 spiro atoms. The van der Waals surface area contributed by atoms with E-state index < -0.39 is 0 Å². The first-order valence-electron chi connectivity index (χ1n) is 9.05. The lowest BCUT2D eigenvalue weighted by atomic mass is 10.1. The predicted octanol–water partition coefficient (Wildman–Crippen LogP) is 3.24. The SMILES string of the molecule is CCNC(=NCCCc1ccc(OC)c(OC)c1)NCCCOCC.I. The lowest BCUT2D eigenvalue weighted by Gasteiger charge is -2.11. The van der Waals surface area contributed by atoms with Gasteiger partial charge < -0.3 is 24.8 Å². The molecule has 0 aliphatic heterocycles. The van der Waals surface area contributed by atoms with Crippen LogP contribution in [0.25, 0.3) is 0 Å². The maximum atomic E-state index is 5.34. The molecule has 0 aromatic heterocycles. The molecule has 0 aliphatic carbocycles. The number of nitrogens with one attached hydrogen (secondary N) is 2. The average molecular weight is 479 g/mol. The number of hydrogen-bond donors (Lipinski definition) is 2. The topological polar surface area (TPSA) is 64.1 Å². The molecule has 6 nitrogen and oxygen atoms in total. The zero-order valence-corrected chi connectivity index (χ0v) is 18.8. The van der Waals surface area contributed by atoms with Crippen LogP contribution < -0.4 is 20.1 Å². The Kier molecular flexibility index (Phi) is 15.2. The van der Waals surface area contributed by atoms with Crippen LogP contribution in [0.5, 0.6) is 11.5 Å². The highest BCUT2D eigenvalue weighted by Gasteiger charge is 2.04. The van der Waals surface area contributed by atoms with E-state index in [-0.39, 0.29) is 24.0 Å². The van der Waals surface area contributed by atoms with Gasteiger partial charge in [-0.3, -0.25) is 4.99 Å². The van der Waals surface area contributed by atoms with Crippen LogP contribution >= 0.6 is 24.0 Å². The van der Waals surface area contributed by atoms with Crippen molar-refractivity contribution in [3.8, 4) is 11.5 Å². The zero-order chi connectivity index (χ0) is 18.3. The molecule has 0 amide bonds. The van der Waals surface area contributed by atoms with Crippen LogP contribution in [-0.4, -0.2) is 53.0 Å². The molecule has 0 atom stereocenters. The largest absolute Gasteiger partial charge is 0.493 e. The zero-order valence-electron chi connectivity index (χ0n) is 16.5. The van der Waals surface area contributed by atoms with E-state index in [4.69, 9.17) is 14.2 Å². The highest BCUT2D eigenvalue weighted by Crippen LogP contribution is 2.27. The minimum atomic E-state index is 0. The quantitative estimate of drug-likeness (QED) is 0.209. The van der Waals surface area contributed by atoms with E-state index in [0.29, 0.717) is 0 Å². The molecule has 0 bridgehead atoms. The van der Waals surface area contributed by atoms with E-state index in [9.17, 15) is 0 Å². The van der Waals surface area contributed by atoms with Crippen molar-refractivity contribution in [1.82, 2.24) is 10.6 Å². The van der Waals surface area contributed by atoms with Gasteiger partial charge in [-0.25, -0.2) is 0 Å². The molecular formula is C19H34IN3O3. The fourth-order valence-electron chi connectivity index (χ4n) is 2.38. The highest BCUT2D eigenvalue weighted by molar-refractivity contribution is 14.0. The Balaban J connectivity index is 0.00000625. The number of nitrogens with zero attached hydrogens (tertiary/aromatic N) is 1. The Morgan fingerprint density at radius 1 is 1.04 bits per heavy atom. The van der Waals surface area contributed by atoms with Crippen molar-refractivity contribution < 1.29 is 14.2 Å². The standard InChI is InChI=1S/C19H33N3O3.HI/c1-5-20-19(22-13-8-14-25-6-2)21-12-7-9-16-10-11-17(23-3)18(15-16)24-4;/h10-11,15H,5-9,12-14H2,1-4H3,(H2,20,21,22);1H. The van der Waals surface area contributed by atoms with Gasteiger partial charge in [0, 0.05) is 32.8 Å². The molecule has 0 unspecified atom stereocenters. The first-order valence-corrected chi connectivity index (χ1v) is 9.05. The summed E-state index contributed by atoms with van der Waals surface area (Å²) >= 11 is 0. The fraction of sp³-hybridized carbons (Fsp3) is 0.632. The predicted molar refractivity (Wildman–Crippen MR) is 118 cm³/mol. The van der Waals surface area contributed by atoms with Gasteiger partial charge in [0.25, 0.3) is 0 Å². The molecular weight excluding hydrogens is 445 g/mol. The molecule has 0 saturated heterocycles. The second-order valence-corrected chi connectivity index (χ2v) is 5.53. The molecule has 2 N–H and O–H groups in total. The molecule has 26 heavy (non-hydrogen) atoms. The van der Waals surface area contributed by atoms with Crippen molar-refractivity contribution in [2.24, 2.45) is 4.99 Å². The minimum Gasteiger partial charge on any atom is -0.493 e. The van der Waals surface area contributed by atoms with Crippen LogP contribution in [0.4, 0.5) is 0 Å². The number of benzene rings is 1. The third-order valence-electron chi connectivity index (χ3n) is 3.65. The Labute approximate surface area is 175 Å². The lowest BCUT2D eigenvalue weighted by Crippen LogP contribution is -2.38. The van der Waals surface area contributed by atoms with E-state index in [0.717, 1.165) is 69.6 Å². The minimum absolute atomic E-state index is 0. The van der Waals surface area contributed by atoms with Crippen molar-refractivity contribution in [3.05, 3.63) is 23.8 Å². The van der Waals surface area contributed by atoms with E-state index in [1.54, 1.807) is 14.2 Å². The van der Waals surface area contributed by atoms with E-state index >= 15 is 0 Å². The molecule has 1 aromatic rings. The second-order valence-electron chi connectivity index (χ2n) is 5.53. The first kappa shape index (κ1) is 24.8. The van der Waals surface area contributed by atoms with Crippen LogP contribution in [0.2, 0.25) is 0 Å². The average Bonchev–Trinajstić information content (AvgIpc) is 2.64. The van der Waals surface area contributed by atoms with E-state index in [1.165, 1.54) is 5.56 Å². The molecule has 1 rings (SSSR count). The van der Waals surface area contributed by atoms with Gasteiger partial charge in [-0.1, -0.05) is 6.07 Å². The molecule has 7 heteroatoms. The normalized spacial score (nSPS) is 10.8. The monoisotopic (exact) mass is 479 g/mol. The van der Waals surface area contributed by atoms with E-state index in [1.807, 2.05) is 19.1 Å². The third-order valence-corrected chi connectivity index (χ3v) is 3.65. The number of guanidine groups is 1. The molecule has 0 aliphatic rings. The van der Waals surface area contributed by atoms with Gasteiger partial charge in [-0.05, 0) is 50.8 Å². The molecule has 0 saturated carbocycles. The lowest BCUT2D eigenvalue weighted by molar-refractivity contribution is 0.145. The summed E-state index contributed by atoms with van der Waals surface area (Å²) in [6.07, 6.45) is 2.91. The van der Waals surface area contributed by atoms with Gasteiger partial charge in [0.15, 0.2) is 17.5 Å². The number of rotatable bonds is 12. The van der Waals surface area contributed by atoms with Crippen molar-refractivity contribution in [1.29, 1.82) is 0 Å². The fourth-order valence-corrected chi connectivity index (χ4v) is 2.38. The molecule has 1 aromatic carbocycles. The van der Waals surface area contributed by atoms with Crippen LogP contribution in [0, 0.1) is 0 Å². The van der Waals surface area contributed by atoms with Crippen molar-refractivity contribution in [3.63, 3.8) is 0 Å². The van der Waals surface area contributed by atoms with Crippen molar-refractivity contribution in [2.45, 2.75) is 33.1 Å².